The summed E-state index contributed by atoms with van der Waals surface area (Å²) in [4.78, 5) is 23.7. The molecule has 0 saturated heterocycles. The minimum atomic E-state index is -4.93. The van der Waals surface area contributed by atoms with Crippen molar-refractivity contribution in [2.45, 2.75) is 19.3 Å². The number of amides is 2. The molecule has 3 aromatic carbocycles. The van der Waals surface area contributed by atoms with Crippen LogP contribution in [0.3, 0.4) is 0 Å². The van der Waals surface area contributed by atoms with Crippen LogP contribution in [0.25, 0.3) is 11.1 Å². The molecule has 0 spiro atoms. The Balaban J connectivity index is 1.72. The number of nitrogens with one attached hydrogen (secondary N) is 2. The van der Waals surface area contributed by atoms with Crippen LogP contribution in [0.1, 0.15) is 16.7 Å². The van der Waals surface area contributed by atoms with Gasteiger partial charge in [-0.2, -0.15) is 5.26 Å². The fourth-order valence-corrected chi connectivity index (χ4v) is 3.62. The van der Waals surface area contributed by atoms with E-state index in [1.807, 2.05) is 6.07 Å². The van der Waals surface area contributed by atoms with Crippen LogP contribution in [0, 0.1) is 11.3 Å². The van der Waals surface area contributed by atoms with Gasteiger partial charge in [0.25, 0.3) is 0 Å². The smallest absolute Gasteiger partial charge is 0.469 e. The topological polar surface area (TPSA) is 100 Å². The first-order chi connectivity index (χ1) is 17.1. The monoisotopic (exact) mass is 517 g/mol. The van der Waals surface area contributed by atoms with Gasteiger partial charge in [0, 0.05) is 23.4 Å². The fraction of sp³-hybridized carbons (Fsp3) is 0.160. The molecule has 0 radical (unpaired) electrons. The van der Waals surface area contributed by atoms with Crippen molar-refractivity contribution < 1.29 is 32.2 Å². The number of carbonyl (C=O) groups is 2. The highest BCUT2D eigenvalue weighted by Crippen LogP contribution is 2.40. The molecule has 2 amide bonds. The van der Waals surface area contributed by atoms with Crippen LogP contribution in [0.15, 0.2) is 60.7 Å². The van der Waals surface area contributed by atoms with Crippen molar-refractivity contribution in [1.29, 1.82) is 5.26 Å². The zero-order valence-electron chi connectivity index (χ0n) is 18.8. The number of esters is 1. The van der Waals surface area contributed by atoms with Gasteiger partial charge in [0.1, 0.15) is 5.75 Å². The maximum atomic E-state index is 12.8. The average Bonchev–Trinajstić information content (AvgIpc) is 2.83. The second kappa shape index (κ2) is 11.5. The number of methoxy groups -OCH3 is 1. The number of anilines is 1. The van der Waals surface area contributed by atoms with E-state index in [1.165, 1.54) is 37.4 Å². The molecule has 0 atom stereocenters. The molecule has 11 heteroatoms. The molecular formula is C25H19ClF3N3O4. The molecule has 0 heterocycles. The maximum absolute atomic E-state index is 12.8. The number of rotatable bonds is 7. The van der Waals surface area contributed by atoms with Crippen molar-refractivity contribution in [2.75, 3.05) is 12.4 Å². The highest BCUT2D eigenvalue weighted by Gasteiger charge is 2.32. The van der Waals surface area contributed by atoms with Crippen molar-refractivity contribution in [2.24, 2.45) is 0 Å². The molecule has 0 saturated carbocycles. The minimum Gasteiger partial charge on any atom is -0.469 e. The number of ether oxygens (including phenoxy) is 2. The molecule has 186 valence electrons. The number of nitriles is 1. The molecule has 0 aromatic heterocycles. The summed E-state index contributed by atoms with van der Waals surface area (Å²) in [5.74, 6) is -0.877. The van der Waals surface area contributed by atoms with Gasteiger partial charge in [-0.1, -0.05) is 54.1 Å². The van der Waals surface area contributed by atoms with Crippen LogP contribution >= 0.6 is 11.6 Å². The van der Waals surface area contributed by atoms with Crippen molar-refractivity contribution in [3.63, 3.8) is 0 Å². The van der Waals surface area contributed by atoms with E-state index in [0.29, 0.717) is 0 Å². The molecule has 0 unspecified atom stereocenters. The largest absolute Gasteiger partial charge is 0.573 e. The van der Waals surface area contributed by atoms with E-state index in [-0.39, 0.29) is 46.3 Å². The van der Waals surface area contributed by atoms with Crippen LogP contribution < -0.4 is 15.4 Å². The van der Waals surface area contributed by atoms with E-state index in [9.17, 15) is 28.0 Å². The minimum absolute atomic E-state index is 0.0250. The second-order valence-corrected chi connectivity index (χ2v) is 7.82. The lowest BCUT2D eigenvalue weighted by atomic mass is 9.98. The number of urea groups is 1. The molecule has 0 aliphatic heterocycles. The molecule has 0 bridgehead atoms. The third-order valence-corrected chi connectivity index (χ3v) is 5.20. The molecule has 0 aliphatic rings. The predicted octanol–water partition coefficient (Wildman–Crippen LogP) is 5.81. The van der Waals surface area contributed by atoms with Gasteiger partial charge < -0.3 is 20.1 Å². The van der Waals surface area contributed by atoms with Gasteiger partial charge in [-0.25, -0.2) is 4.79 Å². The van der Waals surface area contributed by atoms with Crippen molar-refractivity contribution >= 4 is 29.3 Å². The Kier molecular flexibility index (Phi) is 8.40. The van der Waals surface area contributed by atoms with E-state index < -0.39 is 18.1 Å². The van der Waals surface area contributed by atoms with Gasteiger partial charge in [-0.15, -0.1) is 13.2 Å². The normalized spacial score (nSPS) is 10.8. The third-order valence-electron chi connectivity index (χ3n) is 4.90. The SMILES string of the molecule is COC(=O)Cc1ccc(CNC(=O)Nc2cc(Cl)c(-c3ccccc3OC(F)(F)F)c(C#N)c2)cc1. The number of carbonyl (C=O) groups excluding carboxylic acids is 2. The zero-order chi connectivity index (χ0) is 26.3. The standard InChI is InChI=1S/C25H19ClF3N3O4/c1-35-22(33)10-15-6-8-16(9-7-15)14-31-24(34)32-18-11-17(13-30)23(20(26)12-18)19-4-2-3-5-21(19)36-25(27,28)29/h2-9,11-12H,10,14H2,1H3,(H2,31,32,34). The number of benzene rings is 3. The Hall–Kier alpha value is -4.23. The number of nitrogens with zero attached hydrogens (tertiary/aromatic N) is 1. The number of halogens is 4. The van der Waals surface area contributed by atoms with E-state index in [2.05, 4.69) is 20.1 Å². The molecule has 3 aromatic rings. The summed E-state index contributed by atoms with van der Waals surface area (Å²) in [6, 6.07) is 16.2. The van der Waals surface area contributed by atoms with Crippen LogP contribution in [0.5, 0.6) is 5.75 Å². The Bertz CT molecular complexity index is 1310. The van der Waals surface area contributed by atoms with E-state index in [0.717, 1.165) is 17.2 Å². The first-order valence-electron chi connectivity index (χ1n) is 10.4. The lowest BCUT2D eigenvalue weighted by Gasteiger charge is -2.16. The van der Waals surface area contributed by atoms with Crippen LogP contribution in [0.2, 0.25) is 5.02 Å². The molecule has 3 rings (SSSR count). The molecular weight excluding hydrogens is 499 g/mol. The van der Waals surface area contributed by atoms with Crippen molar-refractivity contribution in [1.82, 2.24) is 5.32 Å². The van der Waals surface area contributed by atoms with Gasteiger partial charge >= 0.3 is 18.4 Å². The first kappa shape index (κ1) is 26.4. The number of hydrogen-bond acceptors (Lipinski definition) is 5. The molecule has 0 fully saturated rings. The zero-order valence-corrected chi connectivity index (χ0v) is 19.5. The molecule has 0 aliphatic carbocycles. The fourth-order valence-electron chi connectivity index (χ4n) is 3.30. The molecule has 36 heavy (non-hydrogen) atoms. The van der Waals surface area contributed by atoms with Gasteiger partial charge in [-0.05, 0) is 29.3 Å². The second-order valence-electron chi connectivity index (χ2n) is 7.41. The first-order valence-corrected chi connectivity index (χ1v) is 10.8. The summed E-state index contributed by atoms with van der Waals surface area (Å²) in [5.41, 5.74) is 1.65. The lowest BCUT2D eigenvalue weighted by molar-refractivity contribution is -0.274. The number of alkyl halides is 3. The van der Waals surface area contributed by atoms with Crippen LogP contribution in [-0.2, 0) is 22.5 Å². The summed E-state index contributed by atoms with van der Waals surface area (Å²) in [5, 5.41) is 14.7. The van der Waals surface area contributed by atoms with Crippen molar-refractivity contribution in [3.05, 3.63) is 82.4 Å². The Morgan fingerprint density at radius 2 is 1.72 bits per heavy atom. The maximum Gasteiger partial charge on any atom is 0.573 e. The summed E-state index contributed by atoms with van der Waals surface area (Å²) in [6.07, 6.45) is -4.80. The number of hydrogen-bond donors (Lipinski definition) is 2. The van der Waals surface area contributed by atoms with Gasteiger partial charge in [0.15, 0.2) is 0 Å². The highest BCUT2D eigenvalue weighted by molar-refractivity contribution is 6.34. The number of para-hydroxylation sites is 1. The Labute approximate surface area is 209 Å². The Morgan fingerprint density at radius 1 is 1.06 bits per heavy atom. The van der Waals surface area contributed by atoms with Gasteiger partial charge in [0.05, 0.1) is 30.2 Å². The quantitative estimate of drug-likeness (QED) is 0.385. The highest BCUT2D eigenvalue weighted by atomic mass is 35.5. The molecule has 7 nitrogen and oxygen atoms in total. The lowest BCUT2D eigenvalue weighted by Crippen LogP contribution is -2.28. The summed E-state index contributed by atoms with van der Waals surface area (Å²) in [6.45, 7) is 0.170. The van der Waals surface area contributed by atoms with Crippen LogP contribution in [0.4, 0.5) is 23.7 Å². The van der Waals surface area contributed by atoms with E-state index >= 15 is 0 Å². The Morgan fingerprint density at radius 3 is 2.36 bits per heavy atom. The van der Waals surface area contributed by atoms with E-state index in [1.54, 1.807) is 24.3 Å². The van der Waals surface area contributed by atoms with E-state index in [4.69, 9.17) is 11.6 Å². The predicted molar refractivity (Wildman–Crippen MR) is 126 cm³/mol. The summed E-state index contributed by atoms with van der Waals surface area (Å²) >= 11 is 6.32. The van der Waals surface area contributed by atoms with Crippen molar-refractivity contribution in [3.8, 4) is 22.9 Å². The average molecular weight is 518 g/mol. The third kappa shape index (κ3) is 7.13. The van der Waals surface area contributed by atoms with Gasteiger partial charge in [-0.3, -0.25) is 4.79 Å². The summed E-state index contributed by atoms with van der Waals surface area (Å²) in [7, 11) is 1.31. The van der Waals surface area contributed by atoms with Crippen LogP contribution in [-0.4, -0.2) is 25.5 Å². The van der Waals surface area contributed by atoms with Gasteiger partial charge in [0.2, 0.25) is 0 Å². The molecule has 2 N–H and O–H groups in total. The summed E-state index contributed by atoms with van der Waals surface area (Å²) < 4.78 is 47.1.